The van der Waals surface area contributed by atoms with E-state index in [9.17, 15) is 0 Å². The summed E-state index contributed by atoms with van der Waals surface area (Å²) in [6, 6.07) is 12.6. The van der Waals surface area contributed by atoms with E-state index in [1.165, 1.54) is 0 Å². The van der Waals surface area contributed by atoms with Crippen LogP contribution in [0.25, 0.3) is 12.2 Å². The lowest BCUT2D eigenvalue weighted by atomic mass is 9.92. The van der Waals surface area contributed by atoms with Gasteiger partial charge in [-0.3, -0.25) is 9.88 Å². The van der Waals surface area contributed by atoms with Crippen LogP contribution in [0, 0.1) is 0 Å². The summed E-state index contributed by atoms with van der Waals surface area (Å²) in [6.45, 7) is 9.19. The van der Waals surface area contributed by atoms with E-state index in [1.54, 1.807) is 30.6 Å². The van der Waals surface area contributed by atoms with Crippen molar-refractivity contribution < 1.29 is 9.47 Å². The predicted molar refractivity (Wildman–Crippen MR) is 139 cm³/mol. The Labute approximate surface area is 205 Å². The summed E-state index contributed by atoms with van der Waals surface area (Å²) in [5.74, 6) is 2.02. The highest BCUT2D eigenvalue weighted by Crippen LogP contribution is 2.30. The van der Waals surface area contributed by atoms with E-state index in [-0.39, 0.29) is 6.10 Å². The highest BCUT2D eigenvalue weighted by Gasteiger charge is 2.37. The molecular weight excluding hydrogens is 440 g/mol. The molecule has 2 N–H and O–H groups in total. The second kappa shape index (κ2) is 10.2. The van der Waals surface area contributed by atoms with Crippen LogP contribution in [-0.2, 0) is 4.74 Å². The molecule has 1 aromatic carbocycles. The van der Waals surface area contributed by atoms with Gasteiger partial charge in [-0.1, -0.05) is 19.2 Å². The second-order valence-electron chi connectivity index (χ2n) is 8.87. The fourth-order valence-electron chi connectivity index (χ4n) is 4.61. The zero-order valence-corrected chi connectivity index (χ0v) is 19.9. The van der Waals surface area contributed by atoms with Gasteiger partial charge in [0.15, 0.2) is 0 Å². The van der Waals surface area contributed by atoms with Gasteiger partial charge in [0.2, 0.25) is 5.95 Å². The van der Waals surface area contributed by atoms with Crippen LogP contribution in [0.15, 0.2) is 61.9 Å². The molecule has 0 aliphatic carbocycles. The molecule has 8 heteroatoms. The summed E-state index contributed by atoms with van der Waals surface area (Å²) in [7, 11) is 2.19. The average molecular weight is 471 g/mol. The number of benzene rings is 1. The first kappa shape index (κ1) is 23.0. The van der Waals surface area contributed by atoms with E-state index >= 15 is 0 Å². The topological polar surface area (TPSA) is 84.4 Å². The van der Waals surface area contributed by atoms with Gasteiger partial charge in [0.25, 0.3) is 0 Å². The van der Waals surface area contributed by atoms with Crippen molar-refractivity contribution >= 4 is 35.3 Å². The first-order valence-electron chi connectivity index (χ1n) is 11.8. The molecule has 4 heterocycles. The van der Waals surface area contributed by atoms with Crippen molar-refractivity contribution in [2.75, 3.05) is 30.9 Å². The van der Waals surface area contributed by atoms with Gasteiger partial charge in [-0.25, -0.2) is 4.98 Å². The third kappa shape index (κ3) is 5.34. The molecule has 0 radical (unpaired) electrons. The number of fused-ring (bicyclic) bond motifs is 2. The quantitative estimate of drug-likeness (QED) is 0.482. The maximum absolute atomic E-state index is 6.30. The largest absolute Gasteiger partial charge is 0.490 e. The van der Waals surface area contributed by atoms with Gasteiger partial charge in [-0.05, 0) is 49.5 Å². The molecule has 0 amide bonds. The van der Waals surface area contributed by atoms with E-state index in [4.69, 9.17) is 9.47 Å². The summed E-state index contributed by atoms with van der Waals surface area (Å²) >= 11 is 0. The van der Waals surface area contributed by atoms with E-state index in [2.05, 4.69) is 50.7 Å². The van der Waals surface area contributed by atoms with Crippen LogP contribution in [0.2, 0.25) is 0 Å². The normalized spacial score (nSPS) is 21.7. The Bertz CT molecular complexity index is 1180. The SMILES string of the molecule is C=Cc1cc(Nc2ccnc(Nc3ccc(OC4C[C@@H]5COC[C@@H](C4)N5C)cc3)n2)cnc1C=C. The minimum Gasteiger partial charge on any atom is -0.490 e. The number of hydrogen-bond acceptors (Lipinski definition) is 8. The number of rotatable bonds is 8. The van der Waals surface area contributed by atoms with E-state index < -0.39 is 0 Å². The van der Waals surface area contributed by atoms with Crippen molar-refractivity contribution in [1.82, 2.24) is 19.9 Å². The maximum atomic E-state index is 6.30. The fourth-order valence-corrected chi connectivity index (χ4v) is 4.61. The predicted octanol–water partition coefficient (Wildman–Crippen LogP) is 4.89. The Morgan fingerprint density at radius 3 is 2.49 bits per heavy atom. The molecule has 2 fully saturated rings. The van der Waals surface area contributed by atoms with Crippen molar-refractivity contribution in [3.05, 3.63) is 73.2 Å². The molecule has 2 bridgehead atoms. The Balaban J connectivity index is 1.20. The molecule has 8 nitrogen and oxygen atoms in total. The standard InChI is InChI=1S/C27H30N6O2/c1-4-18-12-20(15-29-25(18)5-2)30-26-10-11-28-27(32-26)31-19-6-8-23(9-7-19)35-24-13-21-16-34-17-22(14-24)33(21)3/h4-12,15,21-22,24H,1-2,13-14,16-17H2,3H3,(H2,28,30,31,32)/t21-,22-/m1/s1. The van der Waals surface area contributed by atoms with Crippen LogP contribution in [-0.4, -0.2) is 58.3 Å². The van der Waals surface area contributed by atoms with Gasteiger partial charge in [0.05, 0.1) is 30.8 Å². The van der Waals surface area contributed by atoms with Crippen LogP contribution in [0.4, 0.5) is 23.1 Å². The first-order valence-corrected chi connectivity index (χ1v) is 11.8. The summed E-state index contributed by atoms with van der Waals surface area (Å²) in [6.07, 6.45) is 9.09. The van der Waals surface area contributed by atoms with Crippen LogP contribution in [0.5, 0.6) is 5.75 Å². The third-order valence-corrected chi connectivity index (χ3v) is 6.55. The van der Waals surface area contributed by atoms with Crippen molar-refractivity contribution in [1.29, 1.82) is 0 Å². The number of piperidine rings is 1. The number of nitrogens with one attached hydrogen (secondary N) is 2. The van der Waals surface area contributed by atoms with Crippen molar-refractivity contribution in [2.45, 2.75) is 31.0 Å². The van der Waals surface area contributed by atoms with Gasteiger partial charge in [0.1, 0.15) is 17.7 Å². The third-order valence-electron chi connectivity index (χ3n) is 6.55. The monoisotopic (exact) mass is 470 g/mol. The number of anilines is 4. The Hall–Kier alpha value is -3.75. The molecule has 0 saturated carbocycles. The average Bonchev–Trinajstić information content (AvgIpc) is 2.86. The summed E-state index contributed by atoms with van der Waals surface area (Å²) in [5, 5.41) is 6.52. The highest BCUT2D eigenvalue weighted by molar-refractivity contribution is 5.67. The van der Waals surface area contributed by atoms with Crippen molar-refractivity contribution in [2.24, 2.45) is 0 Å². The molecule has 2 aliphatic rings. The molecule has 0 spiro atoms. The maximum Gasteiger partial charge on any atom is 0.229 e. The lowest BCUT2D eigenvalue weighted by molar-refractivity contribution is -0.0879. The number of morpholine rings is 1. The van der Waals surface area contributed by atoms with Crippen LogP contribution in [0.1, 0.15) is 24.1 Å². The molecule has 5 rings (SSSR count). The number of ether oxygens (including phenoxy) is 2. The summed E-state index contributed by atoms with van der Waals surface area (Å²) in [4.78, 5) is 15.7. The van der Waals surface area contributed by atoms with Crippen molar-refractivity contribution in [3.63, 3.8) is 0 Å². The minimum atomic E-state index is 0.214. The smallest absolute Gasteiger partial charge is 0.229 e. The highest BCUT2D eigenvalue weighted by atomic mass is 16.5. The number of pyridine rings is 1. The number of hydrogen-bond donors (Lipinski definition) is 2. The van der Waals surface area contributed by atoms with Gasteiger partial charge < -0.3 is 20.1 Å². The van der Waals surface area contributed by atoms with Gasteiger partial charge in [-0.15, -0.1) is 0 Å². The molecular formula is C27H30N6O2. The summed E-state index contributed by atoms with van der Waals surface area (Å²) < 4.78 is 12.0. The summed E-state index contributed by atoms with van der Waals surface area (Å²) in [5.41, 5.74) is 3.38. The number of aromatic nitrogens is 3. The molecule has 35 heavy (non-hydrogen) atoms. The van der Waals surface area contributed by atoms with Gasteiger partial charge in [-0.2, -0.15) is 4.98 Å². The molecule has 2 aliphatic heterocycles. The lowest BCUT2D eigenvalue weighted by Crippen LogP contribution is -2.57. The Morgan fingerprint density at radius 2 is 1.77 bits per heavy atom. The zero-order chi connectivity index (χ0) is 24.2. The molecule has 2 saturated heterocycles. The van der Waals surface area contributed by atoms with Crippen LogP contribution >= 0.6 is 0 Å². The van der Waals surface area contributed by atoms with Gasteiger partial charge >= 0.3 is 0 Å². The van der Waals surface area contributed by atoms with Crippen molar-refractivity contribution in [3.8, 4) is 5.75 Å². The second-order valence-corrected chi connectivity index (χ2v) is 8.87. The number of likely N-dealkylation sites (N-methyl/N-ethyl adjacent to an activating group) is 1. The molecule has 180 valence electrons. The Morgan fingerprint density at radius 1 is 1.00 bits per heavy atom. The molecule has 3 aromatic rings. The van der Waals surface area contributed by atoms with Gasteiger partial charge in [0, 0.05) is 42.4 Å². The van der Waals surface area contributed by atoms with E-state index in [0.717, 1.165) is 54.4 Å². The minimum absolute atomic E-state index is 0.214. The lowest BCUT2D eigenvalue weighted by Gasteiger charge is -2.46. The zero-order valence-electron chi connectivity index (χ0n) is 19.9. The first-order chi connectivity index (χ1) is 17.1. The molecule has 2 aromatic heterocycles. The van der Waals surface area contributed by atoms with E-state index in [0.29, 0.717) is 23.8 Å². The molecule has 2 atom stereocenters. The Kier molecular flexibility index (Phi) is 6.74. The van der Waals surface area contributed by atoms with E-state index in [1.807, 2.05) is 30.3 Å². The number of nitrogens with zero attached hydrogens (tertiary/aromatic N) is 4. The van der Waals surface area contributed by atoms with Crippen LogP contribution in [0.3, 0.4) is 0 Å². The molecule has 0 unspecified atom stereocenters. The fraction of sp³-hybridized carbons (Fsp3) is 0.296. The van der Waals surface area contributed by atoms with Crippen LogP contribution < -0.4 is 15.4 Å².